The molecule has 2 aliphatic rings. The van der Waals surface area contributed by atoms with Crippen LogP contribution < -0.4 is 9.80 Å². The molecule has 140 valence electrons. The Bertz CT molecular complexity index is 867. The predicted molar refractivity (Wildman–Crippen MR) is 112 cm³/mol. The van der Waals surface area contributed by atoms with Crippen LogP contribution in [0.1, 0.15) is 43.1 Å². The maximum atomic E-state index is 4.72. The highest BCUT2D eigenvalue weighted by Crippen LogP contribution is 2.37. The molecule has 2 fully saturated rings. The van der Waals surface area contributed by atoms with Crippen molar-refractivity contribution >= 4 is 23.8 Å². The lowest BCUT2D eigenvalue weighted by Crippen LogP contribution is -2.46. The molecular weight excluding hydrogens is 334 g/mol. The summed E-state index contributed by atoms with van der Waals surface area (Å²) >= 11 is 0. The van der Waals surface area contributed by atoms with E-state index in [0.717, 1.165) is 54.8 Å². The first kappa shape index (κ1) is 17.7. The van der Waals surface area contributed by atoms with Crippen molar-refractivity contribution in [2.45, 2.75) is 26.2 Å². The molecular formula is C22H27N5. The van der Waals surface area contributed by atoms with Gasteiger partial charge in [-0.15, -0.1) is 0 Å². The molecule has 27 heavy (non-hydrogen) atoms. The fourth-order valence-electron chi connectivity index (χ4n) is 3.99. The van der Waals surface area contributed by atoms with Crippen LogP contribution >= 0.6 is 0 Å². The fourth-order valence-corrected chi connectivity index (χ4v) is 3.99. The molecule has 0 atom stereocenters. The van der Waals surface area contributed by atoms with Gasteiger partial charge in [0.25, 0.3) is 0 Å². The van der Waals surface area contributed by atoms with Crippen molar-refractivity contribution in [3.63, 3.8) is 0 Å². The molecule has 0 saturated carbocycles. The summed E-state index contributed by atoms with van der Waals surface area (Å²) in [6, 6.07) is 4.11. The van der Waals surface area contributed by atoms with Crippen LogP contribution in [-0.4, -0.2) is 41.1 Å². The second-order valence-corrected chi connectivity index (χ2v) is 8.26. The van der Waals surface area contributed by atoms with Crippen LogP contribution in [0, 0.1) is 5.41 Å². The number of hydrogen-bond acceptors (Lipinski definition) is 5. The lowest BCUT2D eigenvalue weighted by molar-refractivity contribution is 0.418. The van der Waals surface area contributed by atoms with Gasteiger partial charge in [-0.3, -0.25) is 4.98 Å². The lowest BCUT2D eigenvalue weighted by Gasteiger charge is -2.41. The maximum Gasteiger partial charge on any atom is 0.150 e. The predicted octanol–water partition coefficient (Wildman–Crippen LogP) is 4.00. The van der Waals surface area contributed by atoms with Crippen LogP contribution in [-0.2, 0) is 0 Å². The van der Waals surface area contributed by atoms with Gasteiger partial charge in [0.05, 0.1) is 11.4 Å². The second kappa shape index (κ2) is 6.80. The third-order valence-electron chi connectivity index (χ3n) is 5.63. The normalized spacial score (nSPS) is 19.0. The van der Waals surface area contributed by atoms with Gasteiger partial charge >= 0.3 is 0 Å². The minimum atomic E-state index is 0.346. The standard InChI is InChI=1S/C22H27N5/c1-5-16-7-8-19(25-18(16)6-2)27-13-17(14-27)20-21(24-11-10-23-20)26-12-9-22(3,4)15-26/h5-8,10-11,17H,1-2,9,12-15H2,3-4H3. The molecule has 2 aromatic rings. The van der Waals surface area contributed by atoms with E-state index >= 15 is 0 Å². The van der Waals surface area contributed by atoms with Crippen molar-refractivity contribution in [2.75, 3.05) is 36.0 Å². The molecule has 0 spiro atoms. The largest absolute Gasteiger partial charge is 0.355 e. The summed E-state index contributed by atoms with van der Waals surface area (Å²) < 4.78 is 0. The van der Waals surface area contributed by atoms with E-state index in [2.05, 4.69) is 53.9 Å². The van der Waals surface area contributed by atoms with Gasteiger partial charge in [0.1, 0.15) is 5.82 Å². The summed E-state index contributed by atoms with van der Waals surface area (Å²) in [5.74, 6) is 2.44. The van der Waals surface area contributed by atoms with E-state index < -0.39 is 0 Å². The molecule has 0 amide bonds. The molecule has 4 rings (SSSR count). The van der Waals surface area contributed by atoms with E-state index in [9.17, 15) is 0 Å². The fraction of sp³-hybridized carbons (Fsp3) is 0.409. The summed E-state index contributed by atoms with van der Waals surface area (Å²) in [6.45, 7) is 16.3. The zero-order valence-electron chi connectivity index (χ0n) is 16.2. The van der Waals surface area contributed by atoms with Crippen molar-refractivity contribution in [2.24, 2.45) is 5.41 Å². The monoisotopic (exact) mass is 361 g/mol. The van der Waals surface area contributed by atoms with Crippen molar-refractivity contribution in [3.05, 3.63) is 54.6 Å². The van der Waals surface area contributed by atoms with E-state index in [1.807, 2.05) is 18.5 Å². The Hall–Kier alpha value is -2.69. The molecule has 2 aliphatic heterocycles. The topological polar surface area (TPSA) is 45.2 Å². The van der Waals surface area contributed by atoms with Crippen LogP contribution in [0.15, 0.2) is 37.7 Å². The van der Waals surface area contributed by atoms with E-state index in [0.29, 0.717) is 11.3 Å². The molecule has 4 heterocycles. The molecule has 0 aromatic carbocycles. The van der Waals surface area contributed by atoms with E-state index in [1.54, 1.807) is 6.08 Å². The number of rotatable bonds is 5. The number of nitrogens with zero attached hydrogens (tertiary/aromatic N) is 5. The first-order valence-electron chi connectivity index (χ1n) is 9.57. The lowest BCUT2D eigenvalue weighted by atomic mass is 9.93. The van der Waals surface area contributed by atoms with Gasteiger partial charge in [-0.25, -0.2) is 9.97 Å². The smallest absolute Gasteiger partial charge is 0.150 e. The Morgan fingerprint density at radius 2 is 1.85 bits per heavy atom. The van der Waals surface area contributed by atoms with Crippen molar-refractivity contribution < 1.29 is 0 Å². The Balaban J connectivity index is 1.51. The van der Waals surface area contributed by atoms with Crippen LogP contribution in [0.5, 0.6) is 0 Å². The van der Waals surface area contributed by atoms with Gasteiger partial charge in [0.15, 0.2) is 5.82 Å². The summed E-state index contributed by atoms with van der Waals surface area (Å²) in [6.07, 6.45) is 8.43. The van der Waals surface area contributed by atoms with Crippen molar-refractivity contribution in [1.29, 1.82) is 0 Å². The maximum absolute atomic E-state index is 4.72. The van der Waals surface area contributed by atoms with E-state index in [1.165, 1.54) is 6.42 Å². The zero-order valence-corrected chi connectivity index (χ0v) is 16.2. The summed E-state index contributed by atoms with van der Waals surface area (Å²) in [5.41, 5.74) is 3.36. The molecule has 2 aromatic heterocycles. The number of aromatic nitrogens is 3. The summed E-state index contributed by atoms with van der Waals surface area (Å²) in [7, 11) is 0. The highest BCUT2D eigenvalue weighted by Gasteiger charge is 2.36. The highest BCUT2D eigenvalue weighted by molar-refractivity contribution is 5.63. The quantitative estimate of drug-likeness (QED) is 0.805. The Labute approximate surface area is 161 Å². The van der Waals surface area contributed by atoms with Gasteiger partial charge in [-0.1, -0.05) is 33.1 Å². The second-order valence-electron chi connectivity index (χ2n) is 8.26. The van der Waals surface area contributed by atoms with Crippen LogP contribution in [0.2, 0.25) is 0 Å². The number of anilines is 2. The summed E-state index contributed by atoms with van der Waals surface area (Å²) in [4.78, 5) is 18.8. The Morgan fingerprint density at radius 3 is 2.52 bits per heavy atom. The van der Waals surface area contributed by atoms with Crippen LogP contribution in [0.3, 0.4) is 0 Å². The Kier molecular flexibility index (Phi) is 4.46. The average Bonchev–Trinajstić information content (AvgIpc) is 3.00. The average molecular weight is 361 g/mol. The molecule has 0 unspecified atom stereocenters. The third kappa shape index (κ3) is 3.34. The van der Waals surface area contributed by atoms with Gasteiger partial charge < -0.3 is 9.80 Å². The number of pyridine rings is 1. The molecule has 0 aliphatic carbocycles. The zero-order chi connectivity index (χ0) is 19.0. The van der Waals surface area contributed by atoms with Crippen molar-refractivity contribution in [1.82, 2.24) is 15.0 Å². The first-order chi connectivity index (χ1) is 13.0. The van der Waals surface area contributed by atoms with Crippen LogP contribution in [0.4, 0.5) is 11.6 Å². The molecule has 2 saturated heterocycles. The van der Waals surface area contributed by atoms with Crippen LogP contribution in [0.25, 0.3) is 12.2 Å². The van der Waals surface area contributed by atoms with E-state index in [-0.39, 0.29) is 0 Å². The first-order valence-corrected chi connectivity index (χ1v) is 9.57. The van der Waals surface area contributed by atoms with Crippen molar-refractivity contribution in [3.8, 4) is 0 Å². The highest BCUT2D eigenvalue weighted by atomic mass is 15.3. The van der Waals surface area contributed by atoms with E-state index in [4.69, 9.17) is 9.97 Å². The molecule has 5 heteroatoms. The minimum absolute atomic E-state index is 0.346. The number of hydrogen-bond donors (Lipinski definition) is 0. The third-order valence-corrected chi connectivity index (χ3v) is 5.63. The van der Waals surface area contributed by atoms with Gasteiger partial charge in [0.2, 0.25) is 0 Å². The van der Waals surface area contributed by atoms with Gasteiger partial charge in [0, 0.05) is 44.5 Å². The SMILES string of the molecule is C=Cc1ccc(N2CC(c3nccnc3N3CCC(C)(C)C3)C2)nc1C=C. The Morgan fingerprint density at radius 1 is 1.07 bits per heavy atom. The molecule has 0 N–H and O–H groups in total. The molecule has 0 radical (unpaired) electrons. The minimum Gasteiger partial charge on any atom is -0.355 e. The van der Waals surface area contributed by atoms with Gasteiger partial charge in [-0.2, -0.15) is 0 Å². The molecule has 5 nitrogen and oxygen atoms in total. The molecule has 0 bridgehead atoms. The summed E-state index contributed by atoms with van der Waals surface area (Å²) in [5, 5.41) is 0. The van der Waals surface area contributed by atoms with Gasteiger partial charge in [-0.05, 0) is 35.6 Å².